The van der Waals surface area contributed by atoms with Gasteiger partial charge in [-0.2, -0.15) is 0 Å². The quantitative estimate of drug-likeness (QED) is 0.315. The molecule has 1 aromatic carbocycles. The molecule has 0 spiro atoms. The first-order chi connectivity index (χ1) is 8.52. The molecule has 0 bridgehead atoms. The fraction of sp³-hybridized carbons (Fsp3) is 0.385. The van der Waals surface area contributed by atoms with E-state index in [0.717, 1.165) is 11.1 Å². The summed E-state index contributed by atoms with van der Waals surface area (Å²) in [6, 6.07) is 7.81. The number of aryl methyl sites for hydroxylation is 1. The molecule has 0 radical (unpaired) electrons. The van der Waals surface area contributed by atoms with Crippen molar-refractivity contribution < 1.29 is 10.0 Å². The lowest BCUT2D eigenvalue weighted by atomic mass is 10.1. The number of hydrogen-bond donors (Lipinski definition) is 3. The van der Waals surface area contributed by atoms with E-state index in [4.69, 9.17) is 10.9 Å². The third kappa shape index (κ3) is 4.45. The first kappa shape index (κ1) is 14.0. The Kier molecular flexibility index (Phi) is 5.17. The molecular formula is C13H19N3O2. The van der Waals surface area contributed by atoms with Gasteiger partial charge in [0.05, 0.1) is 6.42 Å². The Hall–Kier alpha value is -2.04. The molecule has 0 aliphatic carbocycles. The van der Waals surface area contributed by atoms with Crippen molar-refractivity contribution in [2.75, 3.05) is 6.54 Å². The minimum absolute atomic E-state index is 0.0711. The van der Waals surface area contributed by atoms with Crippen molar-refractivity contribution in [2.45, 2.75) is 20.3 Å². The number of amides is 1. The monoisotopic (exact) mass is 249 g/mol. The second kappa shape index (κ2) is 6.64. The Labute approximate surface area is 107 Å². The van der Waals surface area contributed by atoms with Gasteiger partial charge in [0.15, 0.2) is 0 Å². The summed E-state index contributed by atoms with van der Waals surface area (Å²) >= 11 is 0. The van der Waals surface area contributed by atoms with Gasteiger partial charge < -0.3 is 16.3 Å². The number of nitrogens with zero attached hydrogens (tertiary/aromatic N) is 1. The number of nitrogens with one attached hydrogen (secondary N) is 1. The zero-order valence-electron chi connectivity index (χ0n) is 10.7. The highest BCUT2D eigenvalue weighted by Crippen LogP contribution is 2.04. The number of hydrogen-bond acceptors (Lipinski definition) is 3. The Balaban J connectivity index is 2.43. The van der Waals surface area contributed by atoms with Crippen LogP contribution in [0.2, 0.25) is 0 Å². The first-order valence-electron chi connectivity index (χ1n) is 5.82. The van der Waals surface area contributed by atoms with Crippen molar-refractivity contribution in [3.8, 4) is 0 Å². The van der Waals surface area contributed by atoms with Crippen LogP contribution in [0.1, 0.15) is 18.1 Å². The molecule has 5 heteroatoms. The summed E-state index contributed by atoms with van der Waals surface area (Å²) in [6.45, 7) is 4.13. The van der Waals surface area contributed by atoms with Crippen LogP contribution in [0.25, 0.3) is 0 Å². The lowest BCUT2D eigenvalue weighted by Gasteiger charge is -2.11. The molecule has 0 aromatic heterocycles. The van der Waals surface area contributed by atoms with E-state index in [1.54, 1.807) is 6.92 Å². The maximum Gasteiger partial charge on any atom is 0.224 e. The van der Waals surface area contributed by atoms with Gasteiger partial charge in [-0.15, -0.1) is 0 Å². The molecular weight excluding hydrogens is 230 g/mol. The molecule has 0 heterocycles. The second-order valence-electron chi connectivity index (χ2n) is 4.40. The van der Waals surface area contributed by atoms with Crippen LogP contribution in [0.5, 0.6) is 0 Å². The fourth-order valence-corrected chi connectivity index (χ4v) is 1.54. The van der Waals surface area contributed by atoms with Gasteiger partial charge in [0.2, 0.25) is 5.91 Å². The Morgan fingerprint density at radius 2 is 2.28 bits per heavy atom. The van der Waals surface area contributed by atoms with Crippen LogP contribution in [-0.2, 0) is 11.2 Å². The summed E-state index contributed by atoms with van der Waals surface area (Å²) < 4.78 is 0. The number of carbonyl (C=O) groups is 1. The molecule has 1 unspecified atom stereocenters. The van der Waals surface area contributed by atoms with Crippen LogP contribution in [0.15, 0.2) is 29.4 Å². The lowest BCUT2D eigenvalue weighted by Crippen LogP contribution is -2.35. The molecule has 4 N–H and O–H groups in total. The van der Waals surface area contributed by atoms with Gasteiger partial charge in [0.25, 0.3) is 0 Å². The number of amidine groups is 1. The SMILES string of the molecule is Cc1cccc(CC(=O)NCC(C)/C(N)=N/O)c1. The van der Waals surface area contributed by atoms with Crippen molar-refractivity contribution in [3.63, 3.8) is 0 Å². The zero-order chi connectivity index (χ0) is 13.5. The zero-order valence-corrected chi connectivity index (χ0v) is 10.7. The molecule has 5 nitrogen and oxygen atoms in total. The van der Waals surface area contributed by atoms with Crippen LogP contribution in [0.3, 0.4) is 0 Å². The van der Waals surface area contributed by atoms with E-state index in [9.17, 15) is 4.79 Å². The topological polar surface area (TPSA) is 87.7 Å². The standard InChI is InChI=1S/C13H19N3O2/c1-9-4-3-5-11(6-9)7-12(17)15-8-10(2)13(14)16-18/h3-6,10,18H,7-8H2,1-2H3,(H2,14,16)(H,15,17). The highest BCUT2D eigenvalue weighted by Gasteiger charge is 2.09. The molecule has 0 aliphatic heterocycles. The lowest BCUT2D eigenvalue weighted by molar-refractivity contribution is -0.120. The number of benzene rings is 1. The number of oxime groups is 1. The minimum Gasteiger partial charge on any atom is -0.409 e. The summed E-state index contributed by atoms with van der Waals surface area (Å²) in [5.41, 5.74) is 7.53. The molecule has 0 fully saturated rings. The average Bonchev–Trinajstić information content (AvgIpc) is 2.35. The molecule has 0 aliphatic rings. The molecule has 1 rings (SSSR count). The van der Waals surface area contributed by atoms with Crippen molar-refractivity contribution in [3.05, 3.63) is 35.4 Å². The van der Waals surface area contributed by atoms with E-state index in [-0.39, 0.29) is 17.7 Å². The summed E-state index contributed by atoms with van der Waals surface area (Å²) in [5.74, 6) is -0.138. The third-order valence-electron chi connectivity index (χ3n) is 2.67. The highest BCUT2D eigenvalue weighted by atomic mass is 16.4. The average molecular weight is 249 g/mol. The highest BCUT2D eigenvalue weighted by molar-refractivity contribution is 5.83. The predicted molar refractivity (Wildman–Crippen MR) is 70.5 cm³/mol. The van der Waals surface area contributed by atoms with Crippen LogP contribution in [0.4, 0.5) is 0 Å². The van der Waals surface area contributed by atoms with E-state index < -0.39 is 0 Å². The summed E-state index contributed by atoms with van der Waals surface area (Å²) in [6.07, 6.45) is 0.338. The normalized spacial score (nSPS) is 13.1. The van der Waals surface area contributed by atoms with Crippen LogP contribution < -0.4 is 11.1 Å². The smallest absolute Gasteiger partial charge is 0.224 e. The largest absolute Gasteiger partial charge is 0.409 e. The fourth-order valence-electron chi connectivity index (χ4n) is 1.54. The molecule has 98 valence electrons. The van der Waals surface area contributed by atoms with Gasteiger partial charge in [-0.05, 0) is 12.5 Å². The maximum absolute atomic E-state index is 11.7. The Morgan fingerprint density at radius 1 is 1.56 bits per heavy atom. The summed E-state index contributed by atoms with van der Waals surface area (Å²) in [4.78, 5) is 11.7. The minimum atomic E-state index is -0.184. The second-order valence-corrected chi connectivity index (χ2v) is 4.40. The number of rotatable bonds is 5. The van der Waals surface area contributed by atoms with E-state index in [2.05, 4.69) is 10.5 Å². The van der Waals surface area contributed by atoms with Gasteiger partial charge in [-0.25, -0.2) is 0 Å². The Bertz CT molecular complexity index is 444. The van der Waals surface area contributed by atoms with E-state index >= 15 is 0 Å². The van der Waals surface area contributed by atoms with Crippen molar-refractivity contribution in [1.82, 2.24) is 5.32 Å². The van der Waals surface area contributed by atoms with Gasteiger partial charge in [-0.3, -0.25) is 4.79 Å². The molecule has 1 amide bonds. The maximum atomic E-state index is 11.7. The first-order valence-corrected chi connectivity index (χ1v) is 5.82. The van der Waals surface area contributed by atoms with Gasteiger partial charge in [-0.1, -0.05) is 41.9 Å². The van der Waals surface area contributed by atoms with Crippen molar-refractivity contribution >= 4 is 11.7 Å². The van der Waals surface area contributed by atoms with Crippen molar-refractivity contribution in [2.24, 2.45) is 16.8 Å². The van der Waals surface area contributed by atoms with E-state index in [1.165, 1.54) is 0 Å². The molecule has 18 heavy (non-hydrogen) atoms. The molecule has 1 atom stereocenters. The van der Waals surface area contributed by atoms with Crippen LogP contribution in [-0.4, -0.2) is 23.5 Å². The van der Waals surface area contributed by atoms with Crippen LogP contribution in [0, 0.1) is 12.8 Å². The number of nitrogens with two attached hydrogens (primary N) is 1. The van der Waals surface area contributed by atoms with Crippen LogP contribution >= 0.6 is 0 Å². The van der Waals surface area contributed by atoms with Crippen molar-refractivity contribution in [1.29, 1.82) is 0 Å². The van der Waals surface area contributed by atoms with Gasteiger partial charge >= 0.3 is 0 Å². The van der Waals surface area contributed by atoms with Gasteiger partial charge in [0.1, 0.15) is 5.84 Å². The predicted octanol–water partition coefficient (Wildman–Crippen LogP) is 1.04. The number of carbonyl (C=O) groups excluding carboxylic acids is 1. The van der Waals surface area contributed by atoms with E-state index in [1.807, 2.05) is 31.2 Å². The molecule has 1 aromatic rings. The third-order valence-corrected chi connectivity index (χ3v) is 2.67. The Morgan fingerprint density at radius 3 is 2.89 bits per heavy atom. The molecule has 0 saturated heterocycles. The summed E-state index contributed by atoms with van der Waals surface area (Å²) in [5, 5.41) is 14.1. The summed E-state index contributed by atoms with van der Waals surface area (Å²) in [7, 11) is 0. The van der Waals surface area contributed by atoms with Gasteiger partial charge in [0, 0.05) is 12.5 Å². The molecule has 0 saturated carbocycles. The van der Waals surface area contributed by atoms with E-state index in [0.29, 0.717) is 13.0 Å².